The van der Waals surface area contributed by atoms with Gasteiger partial charge < -0.3 is 9.29 Å². The summed E-state index contributed by atoms with van der Waals surface area (Å²) in [7, 11) is -5.94. The van der Waals surface area contributed by atoms with Gasteiger partial charge in [-0.15, -0.1) is 5.10 Å². The van der Waals surface area contributed by atoms with Gasteiger partial charge in [-0.2, -0.15) is 21.6 Å². The van der Waals surface area contributed by atoms with Crippen LogP contribution in [0.15, 0.2) is 24.3 Å². The number of hydrogen-bond acceptors (Lipinski definition) is 5. The zero-order valence-corrected chi connectivity index (χ0v) is 13.8. The zero-order valence-electron chi connectivity index (χ0n) is 13.0. The van der Waals surface area contributed by atoms with E-state index >= 15 is 0 Å². The number of carboxylic acid groups (broad SMARTS) is 1. The van der Waals surface area contributed by atoms with Gasteiger partial charge in [-0.25, -0.2) is 9.48 Å². The number of alkyl halides is 3. The molecule has 1 aromatic heterocycles. The van der Waals surface area contributed by atoms with Crippen LogP contribution in [0.3, 0.4) is 0 Å². The van der Waals surface area contributed by atoms with Gasteiger partial charge in [0.15, 0.2) is 5.69 Å². The van der Waals surface area contributed by atoms with Crippen molar-refractivity contribution in [3.05, 3.63) is 46.6 Å². The molecule has 25 heavy (non-hydrogen) atoms. The molecule has 1 heterocycles. The highest BCUT2D eigenvalue weighted by molar-refractivity contribution is 7.87. The second kappa shape index (κ2) is 6.39. The van der Waals surface area contributed by atoms with Crippen molar-refractivity contribution in [1.29, 1.82) is 0 Å². The van der Waals surface area contributed by atoms with E-state index in [1.54, 1.807) is 32.0 Å². The first kappa shape index (κ1) is 18.8. The first-order chi connectivity index (χ1) is 11.4. The second-order valence-electron chi connectivity index (χ2n) is 5.18. The Morgan fingerprint density at radius 3 is 2.32 bits per heavy atom. The number of aromatic carboxylic acids is 1. The Hall–Kier alpha value is -2.56. The number of hydrogen-bond donors (Lipinski definition) is 1. The van der Waals surface area contributed by atoms with Gasteiger partial charge in [-0.1, -0.05) is 18.2 Å². The maximum Gasteiger partial charge on any atom is 0.534 e. The normalized spacial score (nSPS) is 12.2. The second-order valence-corrected chi connectivity index (χ2v) is 6.72. The summed E-state index contributed by atoms with van der Waals surface area (Å²) in [5.41, 5.74) is -3.81. The fourth-order valence-corrected chi connectivity index (χ4v) is 2.54. The number of aryl methyl sites for hydroxylation is 2. The van der Waals surface area contributed by atoms with Gasteiger partial charge in [0.1, 0.15) is 0 Å². The molecule has 7 nitrogen and oxygen atoms in total. The maximum absolute atomic E-state index is 12.4. The Labute approximate surface area is 140 Å². The van der Waals surface area contributed by atoms with E-state index in [1.807, 2.05) is 0 Å². The molecule has 0 aliphatic heterocycles. The molecule has 0 radical (unpaired) electrons. The van der Waals surface area contributed by atoms with Crippen molar-refractivity contribution in [2.75, 3.05) is 0 Å². The van der Waals surface area contributed by atoms with Gasteiger partial charge in [0, 0.05) is 6.07 Å². The third kappa shape index (κ3) is 3.92. The highest BCUT2D eigenvalue weighted by Gasteiger charge is 2.49. The number of rotatable bonds is 5. The van der Waals surface area contributed by atoms with Gasteiger partial charge in [-0.3, -0.25) is 0 Å². The quantitative estimate of drug-likeness (QED) is 0.634. The summed E-state index contributed by atoms with van der Waals surface area (Å²) in [5.74, 6) is -2.46. The van der Waals surface area contributed by atoms with Crippen molar-refractivity contribution >= 4 is 16.1 Å². The minimum absolute atomic E-state index is 0.0738. The molecule has 2 rings (SSSR count). The molecule has 0 bridgehead atoms. The van der Waals surface area contributed by atoms with Crippen LogP contribution in [0.5, 0.6) is 5.88 Å². The van der Waals surface area contributed by atoms with E-state index in [1.165, 1.54) is 0 Å². The first-order valence-corrected chi connectivity index (χ1v) is 8.20. The number of nitrogens with zero attached hydrogens (tertiary/aromatic N) is 2. The Kier molecular flexibility index (Phi) is 4.80. The molecule has 0 unspecified atom stereocenters. The van der Waals surface area contributed by atoms with Gasteiger partial charge >= 0.3 is 21.6 Å². The average Bonchev–Trinajstić information content (AvgIpc) is 2.84. The summed E-state index contributed by atoms with van der Waals surface area (Å²) in [6.07, 6.45) is 0. The molecule has 1 aromatic carbocycles. The molecule has 1 N–H and O–H groups in total. The van der Waals surface area contributed by atoms with E-state index < -0.39 is 33.2 Å². The minimum Gasteiger partial charge on any atom is -0.477 e. The summed E-state index contributed by atoms with van der Waals surface area (Å²) in [6, 6.07) is 5.97. The van der Waals surface area contributed by atoms with E-state index in [0.29, 0.717) is 11.6 Å². The molecule has 0 saturated carbocycles. The molecule has 0 amide bonds. The standard InChI is InChI=1S/C14H13F3N2O5S/c1-8-4-3-5-9(2)10(8)7-19-11(13(20)21)6-12(18-19)24-25(22,23)14(15,16)17/h3-6H,7H2,1-2H3,(H,20,21). The highest BCUT2D eigenvalue weighted by atomic mass is 32.2. The van der Waals surface area contributed by atoms with Crippen molar-refractivity contribution in [2.45, 2.75) is 25.9 Å². The number of halogens is 3. The molecule has 136 valence electrons. The summed E-state index contributed by atoms with van der Waals surface area (Å²) in [6.45, 7) is 3.48. The van der Waals surface area contributed by atoms with Crippen LogP contribution in [0, 0.1) is 13.8 Å². The maximum atomic E-state index is 12.4. The van der Waals surface area contributed by atoms with Crippen LogP contribution >= 0.6 is 0 Å². The van der Waals surface area contributed by atoms with Crippen LogP contribution < -0.4 is 4.18 Å². The fourth-order valence-electron chi connectivity index (χ4n) is 2.13. The number of carboxylic acids is 1. The first-order valence-electron chi connectivity index (χ1n) is 6.79. The van der Waals surface area contributed by atoms with Crippen LogP contribution in [0.2, 0.25) is 0 Å². The molecule has 11 heteroatoms. The lowest BCUT2D eigenvalue weighted by atomic mass is 10.0. The third-order valence-electron chi connectivity index (χ3n) is 3.41. The Balaban J connectivity index is 2.43. The lowest BCUT2D eigenvalue weighted by molar-refractivity contribution is -0.0501. The summed E-state index contributed by atoms with van der Waals surface area (Å²) < 4.78 is 64.0. The largest absolute Gasteiger partial charge is 0.534 e. The molecule has 0 fully saturated rings. The Morgan fingerprint density at radius 1 is 1.28 bits per heavy atom. The summed E-state index contributed by atoms with van der Waals surface area (Å²) in [4.78, 5) is 11.3. The van der Waals surface area contributed by atoms with Crippen molar-refractivity contribution in [3.8, 4) is 5.88 Å². The van der Waals surface area contributed by atoms with E-state index in [2.05, 4.69) is 9.28 Å². The lowest BCUT2D eigenvalue weighted by Gasteiger charge is -2.11. The number of benzene rings is 1. The molecular formula is C14H13F3N2O5S. The summed E-state index contributed by atoms with van der Waals surface area (Å²) in [5, 5.41) is 12.7. The van der Waals surface area contributed by atoms with Gasteiger partial charge in [0.25, 0.3) is 5.88 Å². The van der Waals surface area contributed by atoms with Crippen LogP contribution in [-0.4, -0.2) is 34.8 Å². The molecule has 0 aliphatic carbocycles. The van der Waals surface area contributed by atoms with Crippen LogP contribution in [0.4, 0.5) is 13.2 Å². The molecule has 0 saturated heterocycles. The van der Waals surface area contributed by atoms with Gasteiger partial charge in [0.05, 0.1) is 6.54 Å². The Morgan fingerprint density at radius 2 is 1.84 bits per heavy atom. The topological polar surface area (TPSA) is 98.5 Å². The van der Waals surface area contributed by atoms with Crippen LogP contribution in [0.1, 0.15) is 27.2 Å². The average molecular weight is 378 g/mol. The fraction of sp³-hybridized carbons (Fsp3) is 0.286. The predicted molar refractivity (Wildman–Crippen MR) is 79.8 cm³/mol. The van der Waals surface area contributed by atoms with E-state index in [0.717, 1.165) is 15.8 Å². The van der Waals surface area contributed by atoms with E-state index in [-0.39, 0.29) is 6.54 Å². The van der Waals surface area contributed by atoms with E-state index in [9.17, 15) is 26.4 Å². The SMILES string of the molecule is Cc1cccc(C)c1Cn1nc(OS(=O)(=O)C(F)(F)F)cc1C(=O)O. The predicted octanol–water partition coefficient (Wildman–Crippen LogP) is 2.47. The Bertz CT molecular complexity index is 899. The van der Waals surface area contributed by atoms with Crippen molar-refractivity contribution in [1.82, 2.24) is 9.78 Å². The van der Waals surface area contributed by atoms with Crippen LogP contribution in [0.25, 0.3) is 0 Å². The number of aromatic nitrogens is 2. The van der Waals surface area contributed by atoms with Crippen LogP contribution in [-0.2, 0) is 16.7 Å². The minimum atomic E-state index is -5.94. The molecule has 0 atom stereocenters. The molecule has 0 spiro atoms. The van der Waals surface area contributed by atoms with Gasteiger partial charge in [0.2, 0.25) is 0 Å². The monoisotopic (exact) mass is 378 g/mol. The third-order valence-corrected chi connectivity index (χ3v) is 4.36. The van der Waals surface area contributed by atoms with Crippen molar-refractivity contribution < 1.29 is 35.7 Å². The van der Waals surface area contributed by atoms with Gasteiger partial charge in [-0.05, 0) is 30.5 Å². The summed E-state index contributed by atoms with van der Waals surface area (Å²) >= 11 is 0. The molecule has 2 aromatic rings. The smallest absolute Gasteiger partial charge is 0.477 e. The highest BCUT2D eigenvalue weighted by Crippen LogP contribution is 2.27. The van der Waals surface area contributed by atoms with Crippen molar-refractivity contribution in [2.24, 2.45) is 0 Å². The number of carbonyl (C=O) groups is 1. The van der Waals surface area contributed by atoms with Crippen molar-refractivity contribution in [3.63, 3.8) is 0 Å². The van der Waals surface area contributed by atoms with E-state index in [4.69, 9.17) is 5.11 Å². The molecule has 0 aliphatic rings. The zero-order chi connectivity index (χ0) is 19.0. The lowest BCUT2D eigenvalue weighted by Crippen LogP contribution is -2.28. The molecular weight excluding hydrogens is 365 g/mol.